The third kappa shape index (κ3) is 6.20. The van der Waals surface area contributed by atoms with Gasteiger partial charge >= 0.3 is 5.97 Å². The molecule has 0 spiro atoms. The number of hydrogen-bond acceptors (Lipinski definition) is 3. The van der Waals surface area contributed by atoms with E-state index in [0.717, 1.165) is 0 Å². The zero-order valence-electron chi connectivity index (χ0n) is 11.6. The van der Waals surface area contributed by atoms with Crippen LogP contribution in [-0.2, 0) is 9.53 Å². The van der Waals surface area contributed by atoms with Crippen LogP contribution in [0, 0.1) is 11.8 Å². The third-order valence-electron chi connectivity index (χ3n) is 3.77. The molecule has 3 heteroatoms. The Labute approximate surface area is 110 Å². The molecule has 0 aliphatic heterocycles. The van der Waals surface area contributed by atoms with Crippen molar-refractivity contribution in [1.82, 2.24) is 0 Å². The maximum Gasteiger partial charge on any atom is 0.330 e. The van der Waals surface area contributed by atoms with E-state index in [9.17, 15) is 9.90 Å². The zero-order chi connectivity index (χ0) is 13.4. The van der Waals surface area contributed by atoms with Gasteiger partial charge in [-0.25, -0.2) is 4.79 Å². The van der Waals surface area contributed by atoms with Crippen molar-refractivity contribution in [3.8, 4) is 0 Å². The minimum Gasteiger partial charge on any atom is -0.462 e. The number of allylic oxidation sites excluding steroid dienone is 1. The Morgan fingerprint density at radius 3 is 2.61 bits per heavy atom. The van der Waals surface area contributed by atoms with E-state index in [1.54, 1.807) is 13.0 Å². The first-order chi connectivity index (χ1) is 8.59. The number of carbonyl (C=O) groups is 1. The molecule has 0 saturated heterocycles. The SMILES string of the molecule is C[C@H](O)[C@H](C)C/C=C/C(=O)OCC1CCCCC1. The van der Waals surface area contributed by atoms with E-state index in [1.165, 1.54) is 38.2 Å². The number of rotatable bonds is 6. The van der Waals surface area contributed by atoms with E-state index in [-0.39, 0.29) is 18.0 Å². The molecule has 1 N–H and O–H groups in total. The van der Waals surface area contributed by atoms with Crippen LogP contribution in [0.2, 0.25) is 0 Å². The van der Waals surface area contributed by atoms with Crippen molar-refractivity contribution >= 4 is 5.97 Å². The molecule has 3 nitrogen and oxygen atoms in total. The summed E-state index contributed by atoms with van der Waals surface area (Å²) in [7, 11) is 0. The molecule has 1 aliphatic carbocycles. The highest BCUT2D eigenvalue weighted by Crippen LogP contribution is 2.23. The molecule has 0 radical (unpaired) electrons. The standard InChI is InChI=1S/C15H26O3/c1-12(13(2)16)7-6-10-15(17)18-11-14-8-4-3-5-9-14/h6,10,12-14,16H,3-5,7-9,11H2,1-2H3/b10-6+/t12-,13+/m1/s1. The number of carbonyl (C=O) groups excluding carboxylic acids is 1. The fourth-order valence-electron chi connectivity index (χ4n) is 2.18. The lowest BCUT2D eigenvalue weighted by atomic mass is 9.90. The Balaban J connectivity index is 2.14. The lowest BCUT2D eigenvalue weighted by Crippen LogP contribution is -2.15. The second-order valence-corrected chi connectivity index (χ2v) is 5.49. The quantitative estimate of drug-likeness (QED) is 0.585. The predicted octanol–water partition coefficient (Wildman–Crippen LogP) is 3.07. The van der Waals surface area contributed by atoms with E-state index in [2.05, 4.69) is 0 Å². The third-order valence-corrected chi connectivity index (χ3v) is 3.77. The Morgan fingerprint density at radius 1 is 1.33 bits per heavy atom. The highest BCUT2D eigenvalue weighted by atomic mass is 16.5. The molecule has 2 atom stereocenters. The molecule has 0 aromatic carbocycles. The summed E-state index contributed by atoms with van der Waals surface area (Å²) in [5.41, 5.74) is 0. The van der Waals surface area contributed by atoms with Crippen LogP contribution in [0.15, 0.2) is 12.2 Å². The van der Waals surface area contributed by atoms with Crippen molar-refractivity contribution in [2.45, 2.75) is 58.5 Å². The topological polar surface area (TPSA) is 46.5 Å². The van der Waals surface area contributed by atoms with Gasteiger partial charge in [0, 0.05) is 6.08 Å². The summed E-state index contributed by atoms with van der Waals surface area (Å²) in [4.78, 5) is 11.5. The van der Waals surface area contributed by atoms with E-state index < -0.39 is 0 Å². The van der Waals surface area contributed by atoms with Crippen LogP contribution in [0.25, 0.3) is 0 Å². The predicted molar refractivity (Wildman–Crippen MR) is 72.1 cm³/mol. The average Bonchev–Trinajstić information content (AvgIpc) is 2.37. The van der Waals surface area contributed by atoms with Gasteiger partial charge in [-0.3, -0.25) is 0 Å². The molecule has 0 aromatic heterocycles. The second kappa shape index (κ2) is 8.30. The molecule has 1 aliphatic rings. The van der Waals surface area contributed by atoms with Crippen LogP contribution in [0.3, 0.4) is 0 Å². The van der Waals surface area contributed by atoms with E-state index >= 15 is 0 Å². The molecule has 104 valence electrons. The lowest BCUT2D eigenvalue weighted by Gasteiger charge is -2.20. The Kier molecular flexibility index (Phi) is 7.02. The molecular formula is C15H26O3. The largest absolute Gasteiger partial charge is 0.462 e. The smallest absolute Gasteiger partial charge is 0.330 e. The Bertz CT molecular complexity index is 265. The van der Waals surface area contributed by atoms with Gasteiger partial charge in [-0.05, 0) is 38.0 Å². The Hall–Kier alpha value is -0.830. The van der Waals surface area contributed by atoms with Crippen LogP contribution in [0.1, 0.15) is 52.4 Å². The monoisotopic (exact) mass is 254 g/mol. The average molecular weight is 254 g/mol. The fourth-order valence-corrected chi connectivity index (χ4v) is 2.18. The molecule has 1 fully saturated rings. The van der Waals surface area contributed by atoms with Crippen molar-refractivity contribution < 1.29 is 14.6 Å². The van der Waals surface area contributed by atoms with Crippen LogP contribution < -0.4 is 0 Å². The summed E-state index contributed by atoms with van der Waals surface area (Å²) in [6.07, 6.45) is 9.88. The number of aliphatic hydroxyl groups excluding tert-OH is 1. The van der Waals surface area contributed by atoms with Gasteiger partial charge in [0.05, 0.1) is 12.7 Å². The molecule has 0 bridgehead atoms. The van der Waals surface area contributed by atoms with Gasteiger partial charge in [-0.2, -0.15) is 0 Å². The lowest BCUT2D eigenvalue weighted by molar-refractivity contribution is -0.139. The number of ether oxygens (including phenoxy) is 1. The van der Waals surface area contributed by atoms with Crippen LogP contribution in [0.4, 0.5) is 0 Å². The summed E-state index contributed by atoms with van der Waals surface area (Å²) >= 11 is 0. The maximum absolute atomic E-state index is 11.5. The molecule has 0 aromatic rings. The molecule has 0 heterocycles. The first-order valence-electron chi connectivity index (χ1n) is 7.11. The first-order valence-corrected chi connectivity index (χ1v) is 7.11. The minimum atomic E-state index is -0.340. The van der Waals surface area contributed by atoms with Gasteiger partial charge in [0.25, 0.3) is 0 Å². The van der Waals surface area contributed by atoms with Crippen LogP contribution >= 0.6 is 0 Å². The summed E-state index contributed by atoms with van der Waals surface area (Å²) in [5, 5.41) is 9.31. The van der Waals surface area contributed by atoms with Gasteiger partial charge in [0.1, 0.15) is 0 Å². The minimum absolute atomic E-state index is 0.174. The van der Waals surface area contributed by atoms with Crippen molar-refractivity contribution in [1.29, 1.82) is 0 Å². The molecular weight excluding hydrogens is 228 g/mol. The van der Waals surface area contributed by atoms with E-state index in [0.29, 0.717) is 18.9 Å². The first kappa shape index (κ1) is 15.2. The van der Waals surface area contributed by atoms with Crippen molar-refractivity contribution in [2.75, 3.05) is 6.61 Å². The van der Waals surface area contributed by atoms with Crippen molar-refractivity contribution in [3.63, 3.8) is 0 Å². The number of hydrogen-bond donors (Lipinski definition) is 1. The Morgan fingerprint density at radius 2 is 2.00 bits per heavy atom. The number of aliphatic hydroxyl groups is 1. The highest BCUT2D eigenvalue weighted by molar-refractivity contribution is 5.81. The van der Waals surface area contributed by atoms with Gasteiger partial charge in [-0.15, -0.1) is 0 Å². The fraction of sp³-hybridized carbons (Fsp3) is 0.800. The number of esters is 1. The second-order valence-electron chi connectivity index (χ2n) is 5.49. The summed E-state index contributed by atoms with van der Waals surface area (Å²) in [6.45, 7) is 4.29. The maximum atomic E-state index is 11.5. The normalized spacial score (nSPS) is 20.8. The molecule has 18 heavy (non-hydrogen) atoms. The van der Waals surface area contributed by atoms with Gasteiger partial charge in [0.2, 0.25) is 0 Å². The summed E-state index contributed by atoms with van der Waals surface area (Å²) in [6, 6.07) is 0. The van der Waals surface area contributed by atoms with Gasteiger partial charge in [0.15, 0.2) is 0 Å². The molecule has 1 saturated carbocycles. The van der Waals surface area contributed by atoms with Gasteiger partial charge < -0.3 is 9.84 Å². The summed E-state index contributed by atoms with van der Waals surface area (Å²) in [5.74, 6) is 0.484. The van der Waals surface area contributed by atoms with E-state index in [4.69, 9.17) is 4.74 Å². The molecule has 0 amide bonds. The van der Waals surface area contributed by atoms with Crippen LogP contribution in [0.5, 0.6) is 0 Å². The summed E-state index contributed by atoms with van der Waals surface area (Å²) < 4.78 is 5.24. The van der Waals surface area contributed by atoms with Gasteiger partial charge in [-0.1, -0.05) is 32.3 Å². The molecule has 0 unspecified atom stereocenters. The van der Waals surface area contributed by atoms with E-state index in [1.807, 2.05) is 6.92 Å². The van der Waals surface area contributed by atoms with Crippen molar-refractivity contribution in [2.24, 2.45) is 11.8 Å². The zero-order valence-corrected chi connectivity index (χ0v) is 11.6. The van der Waals surface area contributed by atoms with Crippen molar-refractivity contribution in [3.05, 3.63) is 12.2 Å². The van der Waals surface area contributed by atoms with Crippen LogP contribution in [-0.4, -0.2) is 23.8 Å². The molecule has 1 rings (SSSR count). The highest BCUT2D eigenvalue weighted by Gasteiger charge is 2.14.